The third-order valence-corrected chi connectivity index (χ3v) is 10.3. The van der Waals surface area contributed by atoms with E-state index in [0.717, 1.165) is 76.5 Å². The summed E-state index contributed by atoms with van der Waals surface area (Å²) in [5.41, 5.74) is 9.01. The van der Waals surface area contributed by atoms with Crippen LogP contribution in [0.3, 0.4) is 0 Å². The van der Waals surface area contributed by atoms with E-state index in [0.29, 0.717) is 11.4 Å². The van der Waals surface area contributed by atoms with Gasteiger partial charge in [0.15, 0.2) is 11.4 Å². The predicted octanol–water partition coefficient (Wildman–Crippen LogP) is 13.8. The van der Waals surface area contributed by atoms with Crippen molar-refractivity contribution < 1.29 is 0 Å². The van der Waals surface area contributed by atoms with Crippen LogP contribution in [0.5, 0.6) is 0 Å². The van der Waals surface area contributed by atoms with Crippen LogP contribution in [0.25, 0.3) is 103 Å². The highest BCUT2D eigenvalue weighted by atomic mass is 15.0. The van der Waals surface area contributed by atoms with Crippen molar-refractivity contribution in [1.29, 1.82) is 0 Å². The summed E-state index contributed by atoms with van der Waals surface area (Å²) >= 11 is 0. The zero-order chi connectivity index (χ0) is 34.1. The third kappa shape index (κ3) is 4.36. The molecule has 0 spiro atoms. The van der Waals surface area contributed by atoms with Gasteiger partial charge in [-0.1, -0.05) is 115 Å². The first-order valence-corrected chi connectivity index (χ1v) is 17.0. The number of hydrogen-bond donors (Lipinski definition) is 0. The van der Waals surface area contributed by atoms with Gasteiger partial charge in [-0.25, -0.2) is 9.69 Å². The van der Waals surface area contributed by atoms with Crippen LogP contribution in [0.1, 0.15) is 0 Å². The van der Waals surface area contributed by atoms with E-state index < -0.39 is 0 Å². The number of fused-ring (bicyclic) bond motifs is 7. The van der Waals surface area contributed by atoms with E-state index in [4.69, 9.17) is 13.1 Å². The maximum Gasteiger partial charge on any atom is 0.188 e. The SMILES string of the molecule is [C-]#[N+]c1cc(-c2c3ccccc3c(-c3ccc4c(c3)c3cc([N+]#[C-])ccc3n4-c3ccc4ccccc4c3)c3ccccc23)c2ccccc2c1. The number of rotatable bonds is 3. The minimum Gasteiger partial charge on any atom is -0.309 e. The molecule has 0 bridgehead atoms. The second-order valence-corrected chi connectivity index (χ2v) is 13.1. The Hall–Kier alpha value is -7.20. The first-order chi connectivity index (χ1) is 25.2. The Morgan fingerprint density at radius 3 is 1.63 bits per heavy atom. The smallest absolute Gasteiger partial charge is 0.188 e. The van der Waals surface area contributed by atoms with Crippen LogP contribution in [0.2, 0.25) is 0 Å². The molecule has 1 heterocycles. The van der Waals surface area contributed by atoms with Crippen LogP contribution >= 0.6 is 0 Å². The average Bonchev–Trinajstić information content (AvgIpc) is 3.52. The van der Waals surface area contributed by atoms with Gasteiger partial charge in [0.25, 0.3) is 0 Å². The summed E-state index contributed by atoms with van der Waals surface area (Å²) in [5, 5.41) is 11.3. The summed E-state index contributed by atoms with van der Waals surface area (Å²) in [6, 6.07) is 57.6. The number of hydrogen-bond acceptors (Lipinski definition) is 0. The Morgan fingerprint density at radius 1 is 0.373 bits per heavy atom. The quantitative estimate of drug-likeness (QED) is 0.134. The first-order valence-electron chi connectivity index (χ1n) is 17.0. The largest absolute Gasteiger partial charge is 0.309 e. The summed E-state index contributed by atoms with van der Waals surface area (Å²) in [6.07, 6.45) is 0. The lowest BCUT2D eigenvalue weighted by Crippen LogP contribution is -1.94. The zero-order valence-electron chi connectivity index (χ0n) is 27.4. The number of aromatic nitrogens is 1. The molecule has 0 fully saturated rings. The molecular weight excluding hydrogens is 619 g/mol. The van der Waals surface area contributed by atoms with Gasteiger partial charge < -0.3 is 4.57 Å². The van der Waals surface area contributed by atoms with Crippen molar-refractivity contribution in [2.24, 2.45) is 0 Å². The molecule has 0 saturated carbocycles. The van der Waals surface area contributed by atoms with Gasteiger partial charge in [-0.3, -0.25) is 0 Å². The number of benzene rings is 9. The van der Waals surface area contributed by atoms with Crippen molar-refractivity contribution in [2.45, 2.75) is 0 Å². The predicted molar refractivity (Wildman–Crippen MR) is 214 cm³/mol. The van der Waals surface area contributed by atoms with Gasteiger partial charge in [0, 0.05) is 11.1 Å². The summed E-state index contributed by atoms with van der Waals surface area (Å²) in [6.45, 7) is 15.7. The topological polar surface area (TPSA) is 13.7 Å². The summed E-state index contributed by atoms with van der Waals surface area (Å²) < 4.78 is 2.32. The van der Waals surface area contributed by atoms with E-state index >= 15 is 0 Å². The lowest BCUT2D eigenvalue weighted by Gasteiger charge is -2.19. The Kier molecular flexibility index (Phi) is 6.31. The van der Waals surface area contributed by atoms with E-state index in [1.54, 1.807) is 0 Å². The molecule has 0 aliphatic carbocycles. The van der Waals surface area contributed by atoms with E-state index in [1.165, 1.54) is 16.3 Å². The molecule has 0 N–H and O–H groups in total. The Bertz CT molecular complexity index is 3110. The van der Waals surface area contributed by atoms with Gasteiger partial charge >= 0.3 is 0 Å². The summed E-state index contributed by atoms with van der Waals surface area (Å²) in [5.74, 6) is 0. The van der Waals surface area contributed by atoms with Crippen molar-refractivity contribution in [1.82, 2.24) is 4.57 Å². The van der Waals surface area contributed by atoms with Crippen LogP contribution in [-0.4, -0.2) is 4.57 Å². The molecule has 9 aromatic carbocycles. The van der Waals surface area contributed by atoms with Gasteiger partial charge in [0.2, 0.25) is 0 Å². The number of nitrogens with zero attached hydrogens (tertiary/aromatic N) is 3. The van der Waals surface area contributed by atoms with Gasteiger partial charge in [0.05, 0.1) is 24.2 Å². The average molecular weight is 646 g/mol. The maximum absolute atomic E-state index is 7.90. The fraction of sp³-hybridized carbons (Fsp3) is 0. The van der Waals surface area contributed by atoms with Crippen LogP contribution in [-0.2, 0) is 0 Å². The summed E-state index contributed by atoms with van der Waals surface area (Å²) in [7, 11) is 0. The highest BCUT2D eigenvalue weighted by Gasteiger charge is 2.20. The molecule has 51 heavy (non-hydrogen) atoms. The zero-order valence-corrected chi connectivity index (χ0v) is 27.4. The van der Waals surface area contributed by atoms with Crippen LogP contribution in [0, 0.1) is 13.1 Å². The monoisotopic (exact) mass is 645 g/mol. The molecule has 0 radical (unpaired) electrons. The molecule has 10 aromatic rings. The maximum atomic E-state index is 7.90. The van der Waals surface area contributed by atoms with Crippen molar-refractivity contribution in [2.75, 3.05) is 0 Å². The van der Waals surface area contributed by atoms with Gasteiger partial charge in [-0.15, -0.1) is 0 Å². The van der Waals surface area contributed by atoms with E-state index in [-0.39, 0.29) is 0 Å². The molecule has 234 valence electrons. The molecule has 0 atom stereocenters. The van der Waals surface area contributed by atoms with E-state index in [2.05, 4.69) is 148 Å². The molecule has 0 saturated heterocycles. The molecule has 10 rings (SSSR count). The highest BCUT2D eigenvalue weighted by molar-refractivity contribution is 6.24. The van der Waals surface area contributed by atoms with Crippen molar-refractivity contribution in [3.63, 3.8) is 0 Å². The lowest BCUT2D eigenvalue weighted by atomic mass is 9.84. The second-order valence-electron chi connectivity index (χ2n) is 13.1. The van der Waals surface area contributed by atoms with Crippen LogP contribution in [0.15, 0.2) is 164 Å². The normalized spacial score (nSPS) is 11.5. The van der Waals surface area contributed by atoms with Crippen molar-refractivity contribution in [3.8, 4) is 27.9 Å². The van der Waals surface area contributed by atoms with E-state index in [1.807, 2.05) is 30.3 Å². The molecule has 1 aromatic heterocycles. The minimum atomic E-state index is 0.625. The minimum absolute atomic E-state index is 0.625. The molecule has 3 nitrogen and oxygen atoms in total. The Labute approximate surface area is 294 Å². The van der Waals surface area contributed by atoms with Gasteiger partial charge in [-0.2, -0.15) is 0 Å². The third-order valence-electron chi connectivity index (χ3n) is 10.3. The van der Waals surface area contributed by atoms with Gasteiger partial charge in [-0.05, 0) is 119 Å². The molecule has 0 aliphatic rings. The first kappa shape index (κ1) is 28.8. The van der Waals surface area contributed by atoms with E-state index in [9.17, 15) is 0 Å². The summed E-state index contributed by atoms with van der Waals surface area (Å²) in [4.78, 5) is 7.67. The van der Waals surface area contributed by atoms with Crippen LogP contribution in [0.4, 0.5) is 11.4 Å². The van der Waals surface area contributed by atoms with Gasteiger partial charge in [0.1, 0.15) is 0 Å². The van der Waals surface area contributed by atoms with Crippen molar-refractivity contribution in [3.05, 3.63) is 187 Å². The fourth-order valence-electron chi connectivity index (χ4n) is 8.13. The lowest BCUT2D eigenvalue weighted by molar-refractivity contribution is 1.19. The van der Waals surface area contributed by atoms with Crippen molar-refractivity contribution >= 4 is 76.3 Å². The molecule has 0 amide bonds. The molecular formula is C48H27N3. The van der Waals surface area contributed by atoms with Crippen LogP contribution < -0.4 is 0 Å². The molecule has 0 unspecified atom stereocenters. The standard InChI is InChI=1S/C48H27N3/c1-49-34-21-24-46-43(28-34)42-27-33(20-23-45(42)51(46)36-22-19-30-11-3-4-12-31(30)26-36)47-38-15-7-9-17-40(38)48(41-18-10-8-16-39(41)47)44-29-35(50-2)25-32-13-5-6-14-37(32)44/h3-29H. The second kappa shape index (κ2) is 11.2. The molecule has 0 aliphatic heterocycles. The Morgan fingerprint density at radius 2 is 0.941 bits per heavy atom. The fourth-order valence-corrected chi connectivity index (χ4v) is 8.13. The Balaban J connectivity index is 1.29. The molecule has 3 heteroatoms. The highest BCUT2D eigenvalue weighted by Crippen LogP contribution is 2.47.